The van der Waals surface area contributed by atoms with Crippen LogP contribution in [0.4, 0.5) is 17.6 Å². The SMILES string of the molecule is CCOc1ccccc1CN=C(NO)c1ccc(Oc2c(F)c(F)cc(F)c2F)nc1. The average molecular weight is 435 g/mol. The smallest absolute Gasteiger partial charge is 0.219 e. The maximum absolute atomic E-state index is 13.7. The van der Waals surface area contributed by atoms with E-state index >= 15 is 0 Å². The van der Waals surface area contributed by atoms with Crippen molar-refractivity contribution in [1.82, 2.24) is 10.5 Å². The quantitative estimate of drug-likeness (QED) is 0.184. The lowest BCUT2D eigenvalue weighted by Gasteiger charge is -2.10. The normalized spacial score (nSPS) is 11.4. The van der Waals surface area contributed by atoms with Gasteiger partial charge in [0.1, 0.15) is 5.75 Å². The molecule has 31 heavy (non-hydrogen) atoms. The maximum atomic E-state index is 13.7. The van der Waals surface area contributed by atoms with Crippen LogP contribution in [0.2, 0.25) is 0 Å². The van der Waals surface area contributed by atoms with E-state index in [2.05, 4.69) is 9.98 Å². The fourth-order valence-corrected chi connectivity index (χ4v) is 2.61. The molecule has 0 amide bonds. The lowest BCUT2D eigenvalue weighted by molar-refractivity contribution is 0.234. The third-order valence-corrected chi connectivity index (χ3v) is 4.07. The van der Waals surface area contributed by atoms with Gasteiger partial charge in [-0.1, -0.05) is 18.2 Å². The molecule has 0 atom stereocenters. The summed E-state index contributed by atoms with van der Waals surface area (Å²) in [5.74, 6) is -7.44. The maximum Gasteiger partial charge on any atom is 0.219 e. The summed E-state index contributed by atoms with van der Waals surface area (Å²) in [7, 11) is 0. The molecule has 0 aliphatic rings. The summed E-state index contributed by atoms with van der Waals surface area (Å²) in [4.78, 5) is 8.10. The number of hydrogen-bond donors (Lipinski definition) is 2. The molecule has 0 unspecified atom stereocenters. The Kier molecular flexibility index (Phi) is 7.03. The molecule has 1 heterocycles. The van der Waals surface area contributed by atoms with E-state index in [-0.39, 0.29) is 24.3 Å². The molecular formula is C21H17F4N3O3. The number of nitrogens with one attached hydrogen (secondary N) is 1. The molecule has 1 aromatic heterocycles. The molecule has 0 saturated carbocycles. The molecular weight excluding hydrogens is 418 g/mol. The van der Waals surface area contributed by atoms with E-state index in [0.29, 0.717) is 17.9 Å². The predicted octanol–water partition coefficient (Wildman–Crippen LogP) is 4.75. The average Bonchev–Trinajstić information content (AvgIpc) is 2.78. The molecule has 0 radical (unpaired) electrons. The van der Waals surface area contributed by atoms with Gasteiger partial charge < -0.3 is 9.47 Å². The number of hydroxylamine groups is 1. The topological polar surface area (TPSA) is 76.0 Å². The Bertz CT molecular complexity index is 1070. The first-order chi connectivity index (χ1) is 14.9. The molecule has 3 rings (SSSR count). The zero-order valence-electron chi connectivity index (χ0n) is 16.2. The number of aromatic nitrogens is 1. The van der Waals surface area contributed by atoms with E-state index < -0.39 is 29.0 Å². The second kappa shape index (κ2) is 9.90. The van der Waals surface area contributed by atoms with Crippen molar-refractivity contribution < 1.29 is 32.2 Å². The van der Waals surface area contributed by atoms with Crippen molar-refractivity contribution in [1.29, 1.82) is 0 Å². The highest BCUT2D eigenvalue weighted by atomic mass is 19.2. The van der Waals surface area contributed by atoms with Crippen LogP contribution in [0.5, 0.6) is 17.4 Å². The van der Waals surface area contributed by atoms with Gasteiger partial charge in [-0.05, 0) is 19.1 Å². The van der Waals surface area contributed by atoms with Gasteiger partial charge in [0.05, 0.1) is 13.2 Å². The van der Waals surface area contributed by atoms with Gasteiger partial charge >= 0.3 is 0 Å². The Morgan fingerprint density at radius 1 is 1.06 bits per heavy atom. The number of hydrogen-bond acceptors (Lipinski definition) is 5. The van der Waals surface area contributed by atoms with Crippen LogP contribution in [-0.4, -0.2) is 22.6 Å². The Hall–Kier alpha value is -3.66. The predicted molar refractivity (Wildman–Crippen MR) is 103 cm³/mol. The van der Waals surface area contributed by atoms with Crippen molar-refractivity contribution in [3.8, 4) is 17.4 Å². The molecule has 2 aromatic carbocycles. The first-order valence-electron chi connectivity index (χ1n) is 9.07. The molecule has 0 aliphatic carbocycles. The monoisotopic (exact) mass is 435 g/mol. The zero-order valence-corrected chi connectivity index (χ0v) is 16.2. The van der Waals surface area contributed by atoms with Crippen molar-refractivity contribution >= 4 is 5.84 Å². The van der Waals surface area contributed by atoms with Gasteiger partial charge in [-0.25, -0.2) is 13.8 Å². The fraction of sp³-hybridized carbons (Fsp3) is 0.143. The van der Waals surface area contributed by atoms with E-state index in [9.17, 15) is 22.8 Å². The molecule has 162 valence electrons. The Balaban J connectivity index is 1.80. The number of benzene rings is 2. The number of ether oxygens (including phenoxy) is 2. The molecule has 0 spiro atoms. The van der Waals surface area contributed by atoms with Crippen LogP contribution in [0, 0.1) is 23.3 Å². The van der Waals surface area contributed by atoms with E-state index in [0.717, 1.165) is 5.56 Å². The standard InChI is InChI=1S/C21H17F4N3O3/c1-2-30-16-6-4-3-5-12(16)10-27-21(28-29)13-7-8-17(26-11-13)31-20-18(24)14(22)9-15(23)19(20)25/h3-9,11,29H,2,10H2,1H3,(H,27,28). The largest absolute Gasteiger partial charge is 0.494 e. The van der Waals surface area contributed by atoms with Crippen molar-refractivity contribution in [2.75, 3.05) is 6.61 Å². The van der Waals surface area contributed by atoms with Crippen LogP contribution < -0.4 is 15.0 Å². The second-order valence-corrected chi connectivity index (χ2v) is 6.10. The molecule has 10 heteroatoms. The van der Waals surface area contributed by atoms with Crippen LogP contribution in [0.25, 0.3) is 0 Å². The number of pyridine rings is 1. The molecule has 2 N–H and O–H groups in total. The van der Waals surface area contributed by atoms with Gasteiger partial charge in [-0.2, -0.15) is 8.78 Å². The Morgan fingerprint density at radius 3 is 2.39 bits per heavy atom. The molecule has 0 saturated heterocycles. The van der Waals surface area contributed by atoms with Crippen LogP contribution in [0.1, 0.15) is 18.1 Å². The van der Waals surface area contributed by atoms with Crippen molar-refractivity contribution in [3.05, 3.63) is 83.1 Å². The number of aliphatic imine (C=N–C) groups is 1. The highest BCUT2D eigenvalue weighted by Gasteiger charge is 2.21. The van der Waals surface area contributed by atoms with Crippen LogP contribution >= 0.6 is 0 Å². The summed E-state index contributed by atoms with van der Waals surface area (Å²) in [6.45, 7) is 2.51. The second-order valence-electron chi connectivity index (χ2n) is 6.10. The summed E-state index contributed by atoms with van der Waals surface area (Å²) >= 11 is 0. The van der Waals surface area contributed by atoms with Crippen LogP contribution in [0.3, 0.4) is 0 Å². The lowest BCUT2D eigenvalue weighted by atomic mass is 10.2. The first kappa shape index (κ1) is 22.0. The number of para-hydroxylation sites is 1. The van der Waals surface area contributed by atoms with E-state index in [1.807, 2.05) is 30.6 Å². The number of halogens is 4. The van der Waals surface area contributed by atoms with E-state index in [1.54, 1.807) is 6.07 Å². The minimum atomic E-state index is -1.68. The summed E-state index contributed by atoms with van der Waals surface area (Å²) < 4.78 is 64.4. The van der Waals surface area contributed by atoms with Gasteiger partial charge in [-0.15, -0.1) is 0 Å². The zero-order chi connectivity index (χ0) is 22.4. The summed E-state index contributed by atoms with van der Waals surface area (Å²) in [5.41, 5.74) is 3.05. The highest BCUT2D eigenvalue weighted by Crippen LogP contribution is 2.30. The number of amidine groups is 1. The molecule has 3 aromatic rings. The third kappa shape index (κ3) is 5.10. The van der Waals surface area contributed by atoms with Gasteiger partial charge in [0.15, 0.2) is 17.5 Å². The summed E-state index contributed by atoms with van der Waals surface area (Å²) in [6, 6.07) is 9.90. The Morgan fingerprint density at radius 2 is 1.77 bits per heavy atom. The van der Waals surface area contributed by atoms with E-state index in [4.69, 9.17) is 9.47 Å². The summed E-state index contributed by atoms with van der Waals surface area (Å²) in [5, 5.41) is 9.41. The highest BCUT2D eigenvalue weighted by molar-refractivity contribution is 5.97. The van der Waals surface area contributed by atoms with E-state index in [1.165, 1.54) is 18.3 Å². The lowest BCUT2D eigenvalue weighted by Crippen LogP contribution is -2.20. The van der Waals surface area contributed by atoms with Gasteiger partial charge in [0.2, 0.25) is 23.3 Å². The Labute approximate surface area is 174 Å². The number of rotatable bonds is 7. The van der Waals surface area contributed by atoms with Crippen molar-refractivity contribution in [2.24, 2.45) is 4.99 Å². The number of nitrogens with zero attached hydrogens (tertiary/aromatic N) is 2. The molecule has 0 aliphatic heterocycles. The molecule has 0 bridgehead atoms. The fourth-order valence-electron chi connectivity index (χ4n) is 2.61. The summed E-state index contributed by atoms with van der Waals surface area (Å²) in [6.07, 6.45) is 1.19. The molecule has 6 nitrogen and oxygen atoms in total. The van der Waals surface area contributed by atoms with Crippen LogP contribution in [0.15, 0.2) is 53.7 Å². The minimum absolute atomic E-state index is 0.0551. The van der Waals surface area contributed by atoms with Gasteiger partial charge in [-0.3, -0.25) is 15.7 Å². The minimum Gasteiger partial charge on any atom is -0.494 e. The van der Waals surface area contributed by atoms with Gasteiger partial charge in [0, 0.05) is 29.5 Å². The van der Waals surface area contributed by atoms with Crippen molar-refractivity contribution in [2.45, 2.75) is 13.5 Å². The van der Waals surface area contributed by atoms with Gasteiger partial charge in [0.25, 0.3) is 0 Å². The molecule has 0 fully saturated rings. The third-order valence-electron chi connectivity index (χ3n) is 4.07. The van der Waals surface area contributed by atoms with Crippen LogP contribution in [-0.2, 0) is 6.54 Å². The first-order valence-corrected chi connectivity index (χ1v) is 9.07. The van der Waals surface area contributed by atoms with Crippen molar-refractivity contribution in [3.63, 3.8) is 0 Å².